The maximum absolute atomic E-state index is 5.56. The minimum Gasteiger partial charge on any atom is -0.495 e. The van der Waals surface area contributed by atoms with Gasteiger partial charge in [-0.2, -0.15) is 0 Å². The molecular weight excluding hydrogens is 258 g/mol. The Morgan fingerprint density at radius 2 is 1.90 bits per heavy atom. The van der Waals surface area contributed by atoms with Crippen LogP contribution in [0, 0.1) is 5.92 Å². The van der Waals surface area contributed by atoms with Gasteiger partial charge < -0.3 is 10.1 Å². The van der Waals surface area contributed by atoms with Crippen molar-refractivity contribution in [2.24, 2.45) is 5.92 Å². The van der Waals surface area contributed by atoms with E-state index in [1.165, 1.54) is 11.1 Å². The molecule has 1 aliphatic heterocycles. The fourth-order valence-corrected chi connectivity index (χ4v) is 3.75. The topological polar surface area (TPSA) is 21.3 Å². The molecule has 1 heterocycles. The largest absolute Gasteiger partial charge is 0.495 e. The van der Waals surface area contributed by atoms with Gasteiger partial charge in [-0.1, -0.05) is 54.6 Å². The first kappa shape index (κ1) is 12.5. The lowest BCUT2D eigenvalue weighted by Gasteiger charge is -2.38. The second kappa shape index (κ2) is 4.96. The third kappa shape index (κ3) is 1.94. The molecule has 0 fully saturated rings. The molecule has 1 N–H and O–H groups in total. The lowest BCUT2D eigenvalue weighted by molar-refractivity contribution is 0.397. The number of methoxy groups -OCH3 is 1. The summed E-state index contributed by atoms with van der Waals surface area (Å²) < 4.78 is 5.56. The van der Waals surface area contributed by atoms with Crippen molar-refractivity contribution in [1.82, 2.24) is 0 Å². The highest BCUT2D eigenvalue weighted by Crippen LogP contribution is 2.51. The van der Waals surface area contributed by atoms with Crippen LogP contribution in [0.4, 0.5) is 5.69 Å². The zero-order valence-electron chi connectivity index (χ0n) is 12.1. The van der Waals surface area contributed by atoms with E-state index in [-0.39, 0.29) is 0 Å². The Morgan fingerprint density at radius 3 is 2.71 bits per heavy atom. The molecule has 2 aliphatic rings. The van der Waals surface area contributed by atoms with Crippen LogP contribution in [0.2, 0.25) is 0 Å². The van der Waals surface area contributed by atoms with Crippen molar-refractivity contribution in [3.05, 3.63) is 71.8 Å². The molecule has 3 atom stereocenters. The number of anilines is 1. The van der Waals surface area contributed by atoms with Crippen LogP contribution in [-0.4, -0.2) is 7.11 Å². The Kier molecular flexibility index (Phi) is 2.95. The fourth-order valence-electron chi connectivity index (χ4n) is 3.75. The van der Waals surface area contributed by atoms with E-state index >= 15 is 0 Å². The maximum Gasteiger partial charge on any atom is 0.142 e. The van der Waals surface area contributed by atoms with Crippen molar-refractivity contribution in [3.63, 3.8) is 0 Å². The van der Waals surface area contributed by atoms with Gasteiger partial charge in [0.25, 0.3) is 0 Å². The van der Waals surface area contributed by atoms with Crippen LogP contribution in [0.25, 0.3) is 0 Å². The molecule has 0 radical (unpaired) electrons. The summed E-state index contributed by atoms with van der Waals surface area (Å²) in [6.45, 7) is 0. The molecule has 0 amide bonds. The Hall–Kier alpha value is -2.22. The number of ether oxygens (including phenoxy) is 1. The van der Waals surface area contributed by atoms with E-state index in [1.54, 1.807) is 7.11 Å². The van der Waals surface area contributed by atoms with E-state index in [9.17, 15) is 0 Å². The molecule has 0 aromatic heterocycles. The fraction of sp³-hybridized carbons (Fsp3) is 0.263. The van der Waals surface area contributed by atoms with E-state index in [2.05, 4.69) is 59.9 Å². The van der Waals surface area contributed by atoms with Crippen LogP contribution in [0.1, 0.15) is 29.5 Å². The highest BCUT2D eigenvalue weighted by atomic mass is 16.5. The molecule has 0 bridgehead atoms. The molecule has 2 nitrogen and oxygen atoms in total. The number of hydrogen-bond donors (Lipinski definition) is 1. The van der Waals surface area contributed by atoms with E-state index in [4.69, 9.17) is 4.74 Å². The van der Waals surface area contributed by atoms with Crippen molar-refractivity contribution >= 4 is 5.69 Å². The number of rotatable bonds is 2. The predicted molar refractivity (Wildman–Crippen MR) is 85.8 cm³/mol. The molecule has 0 unspecified atom stereocenters. The van der Waals surface area contributed by atoms with E-state index < -0.39 is 0 Å². The van der Waals surface area contributed by atoms with Crippen molar-refractivity contribution in [1.29, 1.82) is 0 Å². The van der Waals surface area contributed by atoms with Crippen LogP contribution in [0.5, 0.6) is 5.75 Å². The molecule has 2 aromatic carbocycles. The minimum absolute atomic E-state index is 0.343. The molecule has 0 spiro atoms. The number of allylic oxidation sites excluding steroid dienone is 2. The molecule has 2 heteroatoms. The zero-order chi connectivity index (χ0) is 14.2. The van der Waals surface area contributed by atoms with Gasteiger partial charge in [0.05, 0.1) is 18.8 Å². The molecule has 106 valence electrons. The Balaban J connectivity index is 1.83. The lowest BCUT2D eigenvalue weighted by Crippen LogP contribution is -2.29. The van der Waals surface area contributed by atoms with Gasteiger partial charge in [-0.25, -0.2) is 0 Å². The van der Waals surface area contributed by atoms with Crippen molar-refractivity contribution in [2.75, 3.05) is 12.4 Å². The van der Waals surface area contributed by atoms with Gasteiger partial charge in [-0.15, -0.1) is 0 Å². The normalized spacial score (nSPS) is 25.9. The van der Waals surface area contributed by atoms with E-state index in [1.807, 2.05) is 6.07 Å². The van der Waals surface area contributed by atoms with E-state index in [0.29, 0.717) is 17.9 Å². The summed E-state index contributed by atoms with van der Waals surface area (Å²) in [6.07, 6.45) is 5.81. The summed E-state index contributed by atoms with van der Waals surface area (Å²) in [4.78, 5) is 0. The second-order valence-corrected chi connectivity index (χ2v) is 5.81. The minimum atomic E-state index is 0.343. The standard InChI is InChI=1S/C19H19NO/c1-21-17-12-6-11-16-14-9-5-10-15(14)18(20-19(16)17)13-7-3-2-4-8-13/h2-9,11-12,14-15,18,20H,10H2,1H3/t14-,15+,18+/m0/s1. The monoisotopic (exact) mass is 277 g/mol. The number of fused-ring (bicyclic) bond motifs is 3. The van der Waals surface area contributed by atoms with Gasteiger partial charge in [0, 0.05) is 5.92 Å². The highest BCUT2D eigenvalue weighted by Gasteiger charge is 2.38. The molecule has 0 saturated heterocycles. The van der Waals surface area contributed by atoms with Gasteiger partial charge in [0.15, 0.2) is 0 Å². The summed E-state index contributed by atoms with van der Waals surface area (Å²) >= 11 is 0. The Bertz CT molecular complexity index is 677. The zero-order valence-corrected chi connectivity index (χ0v) is 12.1. The average molecular weight is 277 g/mol. The molecule has 1 aliphatic carbocycles. The predicted octanol–water partition coefficient (Wildman–Crippen LogP) is 4.52. The van der Waals surface area contributed by atoms with Crippen LogP contribution >= 0.6 is 0 Å². The van der Waals surface area contributed by atoms with Crippen LogP contribution in [-0.2, 0) is 0 Å². The molecule has 0 saturated carbocycles. The van der Waals surface area contributed by atoms with Crippen molar-refractivity contribution in [3.8, 4) is 5.75 Å². The first-order valence-corrected chi connectivity index (χ1v) is 7.53. The molecule has 21 heavy (non-hydrogen) atoms. The third-order valence-electron chi connectivity index (χ3n) is 4.74. The summed E-state index contributed by atoms with van der Waals surface area (Å²) in [5, 5.41) is 3.74. The molecular formula is C19H19NO. The summed E-state index contributed by atoms with van der Waals surface area (Å²) in [5.41, 5.74) is 3.87. The average Bonchev–Trinajstić information content (AvgIpc) is 3.04. The summed E-state index contributed by atoms with van der Waals surface area (Å²) in [7, 11) is 1.74. The molecule has 2 aromatic rings. The third-order valence-corrected chi connectivity index (χ3v) is 4.74. The van der Waals surface area contributed by atoms with Crippen molar-refractivity contribution in [2.45, 2.75) is 18.4 Å². The number of nitrogens with one attached hydrogen (secondary N) is 1. The van der Waals surface area contributed by atoms with Gasteiger partial charge in [-0.05, 0) is 29.5 Å². The first-order valence-electron chi connectivity index (χ1n) is 7.53. The quantitative estimate of drug-likeness (QED) is 0.815. The van der Waals surface area contributed by atoms with Crippen LogP contribution < -0.4 is 10.1 Å². The molecule has 4 rings (SSSR count). The van der Waals surface area contributed by atoms with E-state index in [0.717, 1.165) is 17.9 Å². The smallest absolute Gasteiger partial charge is 0.142 e. The lowest BCUT2D eigenvalue weighted by atomic mass is 9.77. The first-order chi connectivity index (χ1) is 10.4. The van der Waals surface area contributed by atoms with Gasteiger partial charge in [0.1, 0.15) is 5.75 Å². The number of hydrogen-bond acceptors (Lipinski definition) is 2. The van der Waals surface area contributed by atoms with Crippen LogP contribution in [0.15, 0.2) is 60.7 Å². The van der Waals surface area contributed by atoms with Gasteiger partial charge in [-0.3, -0.25) is 0 Å². The Morgan fingerprint density at radius 1 is 1.05 bits per heavy atom. The Labute approximate surface area is 125 Å². The summed E-state index contributed by atoms with van der Waals surface area (Å²) in [5.74, 6) is 2.01. The van der Waals surface area contributed by atoms with Gasteiger partial charge in [0.2, 0.25) is 0 Å². The highest BCUT2D eigenvalue weighted by molar-refractivity contribution is 5.67. The van der Waals surface area contributed by atoms with Crippen LogP contribution in [0.3, 0.4) is 0 Å². The summed E-state index contributed by atoms with van der Waals surface area (Å²) in [6, 6.07) is 17.4. The maximum atomic E-state index is 5.56. The number of para-hydroxylation sites is 1. The van der Waals surface area contributed by atoms with Gasteiger partial charge >= 0.3 is 0 Å². The second-order valence-electron chi connectivity index (χ2n) is 5.81. The van der Waals surface area contributed by atoms with Crippen molar-refractivity contribution < 1.29 is 4.74 Å². The number of benzene rings is 2. The SMILES string of the molecule is COc1cccc2c1N[C@H](c1ccccc1)[C@@H]1CC=C[C@H]21.